The predicted octanol–water partition coefficient (Wildman–Crippen LogP) is 5.47. The molecule has 0 spiro atoms. The van der Waals surface area contributed by atoms with Crippen molar-refractivity contribution in [2.45, 2.75) is 117 Å². The van der Waals surface area contributed by atoms with Gasteiger partial charge in [-0.05, 0) is 25.7 Å². The molecule has 154 valence electrons. The van der Waals surface area contributed by atoms with Gasteiger partial charge in [-0.15, -0.1) is 0 Å². The van der Waals surface area contributed by atoms with Crippen LogP contribution in [0.2, 0.25) is 0 Å². The number of carbonyl (C=O) groups is 2. The first-order chi connectivity index (χ1) is 12.5. The average molecular weight is 369 g/mol. The topological polar surface area (TPSA) is 86.2 Å². The maximum atomic E-state index is 11.6. The number of primary amides is 2. The second-order valence-electron chi connectivity index (χ2n) is 7.89. The molecule has 0 aliphatic rings. The molecule has 0 aromatic heterocycles. The van der Waals surface area contributed by atoms with Gasteiger partial charge in [0.15, 0.2) is 0 Å². The van der Waals surface area contributed by atoms with E-state index in [2.05, 4.69) is 13.8 Å². The van der Waals surface area contributed by atoms with Crippen LogP contribution in [0.1, 0.15) is 117 Å². The Morgan fingerprint density at radius 2 is 0.808 bits per heavy atom. The maximum absolute atomic E-state index is 11.6. The van der Waals surface area contributed by atoms with Crippen LogP contribution in [-0.2, 0) is 9.59 Å². The van der Waals surface area contributed by atoms with E-state index >= 15 is 0 Å². The van der Waals surface area contributed by atoms with Gasteiger partial charge in [0.1, 0.15) is 0 Å². The molecule has 4 N–H and O–H groups in total. The largest absolute Gasteiger partial charge is 0.369 e. The summed E-state index contributed by atoms with van der Waals surface area (Å²) in [6, 6.07) is 0. The third-order valence-corrected chi connectivity index (χ3v) is 5.47. The molecule has 0 saturated carbocycles. The highest BCUT2D eigenvalue weighted by Crippen LogP contribution is 2.21. The molecule has 0 heterocycles. The third-order valence-electron chi connectivity index (χ3n) is 5.47. The van der Waals surface area contributed by atoms with Gasteiger partial charge in [-0.1, -0.05) is 90.9 Å². The van der Waals surface area contributed by atoms with E-state index in [0.29, 0.717) is 0 Å². The Morgan fingerprint density at radius 1 is 0.538 bits per heavy atom. The van der Waals surface area contributed by atoms with Crippen LogP contribution in [0.25, 0.3) is 0 Å². The molecule has 0 rings (SSSR count). The second-order valence-corrected chi connectivity index (χ2v) is 7.89. The maximum Gasteiger partial charge on any atom is 0.220 e. The highest BCUT2D eigenvalue weighted by atomic mass is 16.1. The summed E-state index contributed by atoms with van der Waals surface area (Å²) in [7, 11) is 0. The van der Waals surface area contributed by atoms with Crippen LogP contribution < -0.4 is 11.5 Å². The van der Waals surface area contributed by atoms with Gasteiger partial charge in [0.25, 0.3) is 0 Å². The zero-order valence-corrected chi connectivity index (χ0v) is 17.4. The van der Waals surface area contributed by atoms with E-state index in [0.717, 1.165) is 64.2 Å². The lowest BCUT2D eigenvalue weighted by atomic mass is 9.92. The van der Waals surface area contributed by atoms with Gasteiger partial charge in [-0.2, -0.15) is 0 Å². The van der Waals surface area contributed by atoms with E-state index in [4.69, 9.17) is 11.5 Å². The van der Waals surface area contributed by atoms with Gasteiger partial charge in [-0.3, -0.25) is 9.59 Å². The Hall–Kier alpha value is -1.06. The summed E-state index contributed by atoms with van der Waals surface area (Å²) < 4.78 is 0. The fourth-order valence-electron chi connectivity index (χ4n) is 3.63. The van der Waals surface area contributed by atoms with Gasteiger partial charge in [-0.25, -0.2) is 0 Å². The van der Waals surface area contributed by atoms with E-state index in [1.807, 2.05) is 0 Å². The molecule has 0 bridgehead atoms. The molecular formula is C22H44N2O2. The summed E-state index contributed by atoms with van der Waals surface area (Å²) in [4.78, 5) is 23.1. The first kappa shape index (κ1) is 24.9. The Kier molecular flexibility index (Phi) is 16.7. The van der Waals surface area contributed by atoms with E-state index in [1.165, 1.54) is 38.5 Å². The fourth-order valence-corrected chi connectivity index (χ4v) is 3.63. The summed E-state index contributed by atoms with van der Waals surface area (Å²) in [6.45, 7) is 4.39. The monoisotopic (exact) mass is 368 g/mol. The van der Waals surface area contributed by atoms with Crippen molar-refractivity contribution in [3.05, 3.63) is 0 Å². The van der Waals surface area contributed by atoms with Crippen LogP contribution in [0, 0.1) is 11.8 Å². The highest BCUT2D eigenvalue weighted by molar-refractivity contribution is 5.76. The van der Waals surface area contributed by atoms with Crippen molar-refractivity contribution < 1.29 is 9.59 Å². The lowest BCUT2D eigenvalue weighted by Crippen LogP contribution is -2.23. The number of hydrogen-bond acceptors (Lipinski definition) is 2. The van der Waals surface area contributed by atoms with Crippen LogP contribution in [0.3, 0.4) is 0 Å². The standard InChI is InChI=1S/C22H44N2O2/c1-3-5-7-11-15-19(21(23)25)17-13-9-10-14-18-20(22(24)26)16-12-8-6-4-2/h19-20H,3-18H2,1-2H3,(H2,23,25)(H2,24,26). The molecular weight excluding hydrogens is 324 g/mol. The molecule has 0 fully saturated rings. The average Bonchev–Trinajstić information content (AvgIpc) is 2.60. The number of unbranched alkanes of at least 4 members (excludes halogenated alkanes) is 9. The van der Waals surface area contributed by atoms with Gasteiger partial charge >= 0.3 is 0 Å². The van der Waals surface area contributed by atoms with Crippen molar-refractivity contribution in [3.63, 3.8) is 0 Å². The van der Waals surface area contributed by atoms with E-state index in [1.54, 1.807) is 0 Å². The molecule has 0 aromatic rings. The van der Waals surface area contributed by atoms with Crippen LogP contribution in [0.5, 0.6) is 0 Å². The minimum atomic E-state index is -0.137. The van der Waals surface area contributed by atoms with E-state index in [-0.39, 0.29) is 23.7 Å². The molecule has 0 aliphatic carbocycles. The Bertz CT molecular complexity index is 324. The van der Waals surface area contributed by atoms with Crippen molar-refractivity contribution in [1.29, 1.82) is 0 Å². The number of nitrogens with two attached hydrogens (primary N) is 2. The molecule has 0 aliphatic heterocycles. The molecule has 2 unspecified atom stereocenters. The smallest absolute Gasteiger partial charge is 0.220 e. The fraction of sp³-hybridized carbons (Fsp3) is 0.909. The second kappa shape index (κ2) is 17.4. The number of hydrogen-bond donors (Lipinski definition) is 2. The number of carbonyl (C=O) groups excluding carboxylic acids is 2. The van der Waals surface area contributed by atoms with Crippen molar-refractivity contribution in [3.8, 4) is 0 Å². The summed E-state index contributed by atoms with van der Waals surface area (Å²) in [6.07, 6.45) is 17.6. The zero-order chi connectivity index (χ0) is 19.6. The van der Waals surface area contributed by atoms with Gasteiger partial charge in [0.2, 0.25) is 11.8 Å². The lowest BCUT2D eigenvalue weighted by molar-refractivity contribution is -0.123. The summed E-state index contributed by atoms with van der Waals surface area (Å²) >= 11 is 0. The summed E-state index contributed by atoms with van der Waals surface area (Å²) in [5.41, 5.74) is 11.1. The normalized spacial score (nSPS) is 13.5. The predicted molar refractivity (Wildman–Crippen MR) is 111 cm³/mol. The lowest BCUT2D eigenvalue weighted by Gasteiger charge is -2.14. The zero-order valence-electron chi connectivity index (χ0n) is 17.4. The molecule has 0 aromatic carbocycles. The molecule has 26 heavy (non-hydrogen) atoms. The molecule has 4 heteroatoms. The Balaban J connectivity index is 3.82. The molecule has 2 atom stereocenters. The van der Waals surface area contributed by atoms with Gasteiger partial charge in [0, 0.05) is 11.8 Å². The number of rotatable bonds is 19. The minimum absolute atomic E-state index is 0.0452. The first-order valence-electron chi connectivity index (χ1n) is 11.1. The van der Waals surface area contributed by atoms with Crippen molar-refractivity contribution >= 4 is 11.8 Å². The van der Waals surface area contributed by atoms with Gasteiger partial charge < -0.3 is 11.5 Å². The van der Waals surface area contributed by atoms with Crippen LogP contribution in [0.15, 0.2) is 0 Å². The molecule has 4 nitrogen and oxygen atoms in total. The van der Waals surface area contributed by atoms with Crippen molar-refractivity contribution in [2.75, 3.05) is 0 Å². The van der Waals surface area contributed by atoms with Crippen LogP contribution in [0.4, 0.5) is 0 Å². The minimum Gasteiger partial charge on any atom is -0.369 e. The highest BCUT2D eigenvalue weighted by Gasteiger charge is 2.16. The Morgan fingerprint density at radius 3 is 1.04 bits per heavy atom. The first-order valence-corrected chi connectivity index (χ1v) is 11.1. The molecule has 0 saturated heterocycles. The van der Waals surface area contributed by atoms with Crippen LogP contribution >= 0.6 is 0 Å². The molecule has 2 amide bonds. The third kappa shape index (κ3) is 14.1. The van der Waals surface area contributed by atoms with Crippen molar-refractivity contribution in [2.24, 2.45) is 23.3 Å². The summed E-state index contributed by atoms with van der Waals surface area (Å²) in [5.74, 6) is -0.183. The Labute approximate surface area is 161 Å². The quantitative estimate of drug-likeness (QED) is 0.296. The number of amides is 2. The van der Waals surface area contributed by atoms with E-state index in [9.17, 15) is 9.59 Å². The van der Waals surface area contributed by atoms with Crippen molar-refractivity contribution in [1.82, 2.24) is 0 Å². The molecule has 0 radical (unpaired) electrons. The van der Waals surface area contributed by atoms with Gasteiger partial charge in [0.05, 0.1) is 0 Å². The van der Waals surface area contributed by atoms with Crippen LogP contribution in [-0.4, -0.2) is 11.8 Å². The van der Waals surface area contributed by atoms with E-state index < -0.39 is 0 Å². The summed E-state index contributed by atoms with van der Waals surface area (Å²) in [5, 5.41) is 0. The SMILES string of the molecule is CCCCCCC(CCCCCCC(CCCCCC)C(N)=O)C(N)=O.